The largest absolute Gasteiger partial charge is 0.490 e. The first-order valence-corrected chi connectivity index (χ1v) is 15.1. The molecule has 0 radical (unpaired) electrons. The normalized spacial score (nSPS) is 26.3. The van der Waals surface area contributed by atoms with E-state index in [2.05, 4.69) is 23.4 Å². The van der Waals surface area contributed by atoms with Crippen molar-refractivity contribution >= 4 is 63.7 Å². The number of aliphatic hydroxyl groups excluding tert-OH is 2. The van der Waals surface area contributed by atoms with E-state index in [-0.39, 0.29) is 22.0 Å². The van der Waals surface area contributed by atoms with Crippen LogP contribution in [0, 0.1) is 0 Å². The molecule has 1 fully saturated rings. The van der Waals surface area contributed by atoms with E-state index in [1.54, 1.807) is 0 Å². The van der Waals surface area contributed by atoms with Crippen LogP contribution in [0.25, 0.3) is 11.0 Å². The zero-order valence-corrected chi connectivity index (χ0v) is 22.5. The molecule has 2 aromatic rings. The van der Waals surface area contributed by atoms with Crippen LogP contribution < -0.4 is 5.32 Å². The van der Waals surface area contributed by atoms with Crippen LogP contribution in [0.2, 0.25) is 10.0 Å². The molecule has 0 saturated carbocycles. The number of phosphoric acid groups is 3. The molecule has 1 aromatic heterocycles. The molecule has 1 aromatic carbocycles. The fourth-order valence-corrected chi connectivity index (χ4v) is 6.60. The number of rotatable bonds is 10. The molecule has 3 rings (SSSR count). The molecule has 6 atom stereocenters. The quantitative estimate of drug-likeness (QED) is 0.189. The lowest BCUT2D eigenvalue weighted by Gasteiger charge is -2.21. The van der Waals surface area contributed by atoms with Gasteiger partial charge in [0, 0.05) is 6.04 Å². The van der Waals surface area contributed by atoms with E-state index in [1.165, 1.54) is 16.7 Å². The van der Waals surface area contributed by atoms with Crippen molar-refractivity contribution in [3.8, 4) is 0 Å². The fourth-order valence-electron chi connectivity index (χ4n) is 3.26. The van der Waals surface area contributed by atoms with Crippen LogP contribution in [-0.2, 0) is 31.6 Å². The highest BCUT2D eigenvalue weighted by Crippen LogP contribution is 2.66. The second kappa shape index (κ2) is 10.9. The minimum atomic E-state index is -5.73. The number of hydrogen-bond donors (Lipinski definition) is 7. The zero-order chi connectivity index (χ0) is 27.2. The number of aliphatic hydroxyl groups is 2. The van der Waals surface area contributed by atoms with Crippen molar-refractivity contribution in [2.24, 2.45) is 0 Å². The molecule has 16 nitrogen and oxygen atoms in total. The molecular weight excluding hydrogens is 594 g/mol. The van der Waals surface area contributed by atoms with Gasteiger partial charge in [-0.05, 0) is 26.0 Å². The molecule has 2 heterocycles. The molecule has 204 valence electrons. The average molecular weight is 616 g/mol. The molecule has 1 aliphatic rings. The van der Waals surface area contributed by atoms with E-state index >= 15 is 0 Å². The first-order valence-electron chi connectivity index (χ1n) is 9.82. The van der Waals surface area contributed by atoms with Crippen molar-refractivity contribution < 1.29 is 61.4 Å². The molecule has 0 amide bonds. The summed E-state index contributed by atoms with van der Waals surface area (Å²) in [6, 6.07) is 2.81. The van der Waals surface area contributed by atoms with Gasteiger partial charge in [0.1, 0.15) is 18.3 Å². The number of aromatic nitrogens is 2. The first-order chi connectivity index (χ1) is 16.4. The Bertz CT molecular complexity index is 1270. The number of ether oxygens (including phenoxy) is 1. The highest BCUT2D eigenvalue weighted by molar-refractivity contribution is 7.66. The Labute approximate surface area is 213 Å². The number of benzene rings is 1. The van der Waals surface area contributed by atoms with Gasteiger partial charge in [-0.3, -0.25) is 9.09 Å². The average Bonchev–Trinajstić information content (AvgIpc) is 3.14. The number of nitrogens with zero attached hydrogens (tertiary/aromatic N) is 2. The second-order valence-electron chi connectivity index (χ2n) is 7.79. The maximum Gasteiger partial charge on any atom is 0.490 e. The maximum atomic E-state index is 12.0. The topological polar surface area (TPSA) is 239 Å². The van der Waals surface area contributed by atoms with Crippen molar-refractivity contribution in [1.82, 2.24) is 9.55 Å². The van der Waals surface area contributed by atoms with Crippen molar-refractivity contribution in [2.45, 2.75) is 44.4 Å². The molecule has 1 saturated heterocycles. The van der Waals surface area contributed by atoms with Gasteiger partial charge in [-0.1, -0.05) is 23.2 Å². The van der Waals surface area contributed by atoms with Crippen LogP contribution in [0.4, 0.5) is 5.95 Å². The highest BCUT2D eigenvalue weighted by Gasteiger charge is 2.47. The standard InChI is InChI=1S/C15H22Cl2N3O13P3/c1-6(2)18-15-19-9-3-7(16)8(17)4-10(9)20(15)14-13(22)12(21)11(31-14)5-30-35(26,27)33-36(28,29)32-34(23,24)25/h3-4,6,11-14,21-22H,5H2,1-2H3,(H,18,19)(H,26,27)(H,28,29)(H2,23,24,25)/t11-,12-,13-,14-/m0/s1. The minimum absolute atomic E-state index is 0.129. The van der Waals surface area contributed by atoms with Crippen LogP contribution in [0.1, 0.15) is 20.1 Å². The van der Waals surface area contributed by atoms with Gasteiger partial charge < -0.3 is 39.8 Å². The predicted molar refractivity (Wildman–Crippen MR) is 124 cm³/mol. The first kappa shape index (κ1) is 29.9. The van der Waals surface area contributed by atoms with Crippen LogP contribution in [0.5, 0.6) is 0 Å². The summed E-state index contributed by atoms with van der Waals surface area (Å²) in [6.45, 7) is 2.66. The summed E-state index contributed by atoms with van der Waals surface area (Å²) in [4.78, 5) is 40.4. The van der Waals surface area contributed by atoms with E-state index in [9.17, 15) is 33.7 Å². The number of imidazole rings is 1. The van der Waals surface area contributed by atoms with Gasteiger partial charge in [0.15, 0.2) is 6.23 Å². The number of fused-ring (bicyclic) bond motifs is 1. The molecule has 36 heavy (non-hydrogen) atoms. The summed E-state index contributed by atoms with van der Waals surface area (Å²) in [5.74, 6) is 0.211. The Morgan fingerprint density at radius 1 is 1.06 bits per heavy atom. The van der Waals surface area contributed by atoms with Crippen molar-refractivity contribution in [2.75, 3.05) is 11.9 Å². The molecule has 0 spiro atoms. The predicted octanol–water partition coefficient (Wildman–Crippen LogP) is 2.13. The Kier molecular flexibility index (Phi) is 9.02. The lowest BCUT2D eigenvalue weighted by atomic mass is 10.1. The van der Waals surface area contributed by atoms with Crippen LogP contribution in [0.3, 0.4) is 0 Å². The number of hydrogen-bond acceptors (Lipinski definition) is 11. The summed E-state index contributed by atoms with van der Waals surface area (Å²) in [5, 5.41) is 24.5. The lowest BCUT2D eigenvalue weighted by Crippen LogP contribution is -2.34. The van der Waals surface area contributed by atoms with Gasteiger partial charge in [0.05, 0.1) is 27.7 Å². The van der Waals surface area contributed by atoms with Gasteiger partial charge in [0.2, 0.25) is 5.95 Å². The van der Waals surface area contributed by atoms with Gasteiger partial charge in [-0.15, -0.1) is 0 Å². The van der Waals surface area contributed by atoms with Gasteiger partial charge >= 0.3 is 23.5 Å². The fraction of sp³-hybridized carbons (Fsp3) is 0.533. The van der Waals surface area contributed by atoms with Crippen molar-refractivity contribution in [3.63, 3.8) is 0 Å². The smallest absolute Gasteiger partial charge is 0.387 e. The Morgan fingerprint density at radius 3 is 2.25 bits per heavy atom. The lowest BCUT2D eigenvalue weighted by molar-refractivity contribution is -0.0491. The highest BCUT2D eigenvalue weighted by atomic mass is 35.5. The second-order valence-corrected chi connectivity index (χ2v) is 13.0. The number of phosphoric ester groups is 1. The number of nitrogens with one attached hydrogen (secondary N) is 1. The van der Waals surface area contributed by atoms with E-state index in [1.807, 2.05) is 13.8 Å². The Morgan fingerprint density at radius 2 is 1.67 bits per heavy atom. The summed E-state index contributed by atoms with van der Waals surface area (Å²) < 4.78 is 53.0. The third-order valence-corrected chi connectivity index (χ3v) is 9.08. The molecule has 21 heteroatoms. The maximum absolute atomic E-state index is 12.0. The third-order valence-electron chi connectivity index (χ3n) is 4.56. The van der Waals surface area contributed by atoms with Crippen molar-refractivity contribution in [1.29, 1.82) is 0 Å². The van der Waals surface area contributed by atoms with E-state index < -0.39 is 54.6 Å². The SMILES string of the molecule is CC(C)Nc1nc2cc(Cl)c(Cl)cc2n1[C@H]1O[C@@H](COP(=O)(O)OP(=O)(O)OP(=O)(O)O)[C@H](O)[C@@H]1O. The Balaban J connectivity index is 1.83. The molecule has 1 aliphatic heterocycles. The molecule has 0 bridgehead atoms. The van der Waals surface area contributed by atoms with E-state index in [0.29, 0.717) is 11.0 Å². The van der Waals surface area contributed by atoms with Crippen LogP contribution in [-0.4, -0.2) is 70.3 Å². The number of halogens is 2. The molecular formula is C15H22Cl2N3O13P3. The summed E-state index contributed by atoms with van der Waals surface area (Å²) >= 11 is 12.2. The minimum Gasteiger partial charge on any atom is -0.387 e. The van der Waals surface area contributed by atoms with E-state index in [4.69, 9.17) is 37.7 Å². The van der Waals surface area contributed by atoms with Crippen LogP contribution in [0.15, 0.2) is 12.1 Å². The van der Waals surface area contributed by atoms with Gasteiger partial charge in [0.25, 0.3) is 0 Å². The summed E-state index contributed by atoms with van der Waals surface area (Å²) in [7, 11) is -16.8. The summed E-state index contributed by atoms with van der Waals surface area (Å²) in [5.41, 5.74) is 0.729. The van der Waals surface area contributed by atoms with Gasteiger partial charge in [-0.25, -0.2) is 18.7 Å². The molecule has 0 aliphatic carbocycles. The Hall–Kier alpha value is -0.640. The monoisotopic (exact) mass is 615 g/mol. The number of anilines is 1. The summed E-state index contributed by atoms with van der Waals surface area (Å²) in [6.07, 6.45) is -6.13. The van der Waals surface area contributed by atoms with Crippen molar-refractivity contribution in [3.05, 3.63) is 22.2 Å². The van der Waals surface area contributed by atoms with E-state index in [0.717, 1.165) is 0 Å². The third kappa shape index (κ3) is 7.26. The molecule has 2 unspecified atom stereocenters. The van der Waals surface area contributed by atoms with Crippen LogP contribution >= 0.6 is 46.7 Å². The molecule has 7 N–H and O–H groups in total. The zero-order valence-electron chi connectivity index (χ0n) is 18.3. The van der Waals surface area contributed by atoms with Gasteiger partial charge in [-0.2, -0.15) is 8.62 Å².